The Morgan fingerprint density at radius 2 is 2.18 bits per heavy atom. The maximum absolute atomic E-state index is 13.0. The third kappa shape index (κ3) is 3.00. The molecule has 0 aromatic rings. The van der Waals surface area contributed by atoms with E-state index >= 15 is 0 Å². The van der Waals surface area contributed by atoms with Gasteiger partial charge in [-0.15, -0.1) is 0 Å². The lowest BCUT2D eigenvalue weighted by Gasteiger charge is -2.02. The Morgan fingerprint density at radius 3 is 2.55 bits per heavy atom. The van der Waals surface area contributed by atoms with E-state index in [1.54, 1.807) is 19.1 Å². The predicted molar refractivity (Wildman–Crippen MR) is 45.1 cm³/mol. The van der Waals surface area contributed by atoms with Crippen molar-refractivity contribution < 1.29 is 4.39 Å². The highest BCUT2D eigenvalue weighted by Crippen LogP contribution is 2.12. The van der Waals surface area contributed by atoms with Gasteiger partial charge >= 0.3 is 0 Å². The van der Waals surface area contributed by atoms with Crippen LogP contribution in [0, 0.1) is 0 Å². The van der Waals surface area contributed by atoms with Crippen molar-refractivity contribution in [3.05, 3.63) is 35.8 Å². The van der Waals surface area contributed by atoms with E-state index in [9.17, 15) is 4.39 Å². The molecule has 0 rings (SSSR count). The molecular weight excluding hydrogens is 143 g/mol. The molecule has 0 aliphatic carbocycles. The predicted octanol–water partition coefficient (Wildman–Crippen LogP) is 1.78. The van der Waals surface area contributed by atoms with Gasteiger partial charge in [0, 0.05) is 0 Å². The summed E-state index contributed by atoms with van der Waals surface area (Å²) < 4.78 is 13.0. The van der Waals surface area contributed by atoms with Crippen LogP contribution in [-0.2, 0) is 0 Å². The molecule has 0 amide bonds. The summed E-state index contributed by atoms with van der Waals surface area (Å²) in [5.74, 6) is 4.55. The van der Waals surface area contributed by atoms with Crippen LogP contribution < -0.4 is 11.3 Å². The minimum atomic E-state index is -0.411. The molecule has 0 atom stereocenters. The zero-order chi connectivity index (χ0) is 8.85. The van der Waals surface area contributed by atoms with E-state index in [0.717, 1.165) is 0 Å². The first-order chi connectivity index (χ1) is 5.13. The van der Waals surface area contributed by atoms with Crippen LogP contribution >= 0.6 is 0 Å². The molecule has 62 valence electrons. The molecular formula is C8H13FN2. The molecule has 0 heterocycles. The third-order valence-electron chi connectivity index (χ3n) is 1.20. The highest BCUT2D eigenvalue weighted by molar-refractivity contribution is 5.31. The summed E-state index contributed by atoms with van der Waals surface area (Å²) in [6.45, 7) is 6.84. The molecule has 3 N–H and O–H groups in total. The van der Waals surface area contributed by atoms with Crippen LogP contribution in [0.15, 0.2) is 35.8 Å². The van der Waals surface area contributed by atoms with Gasteiger partial charge in [-0.25, -0.2) is 4.39 Å². The number of hydrogen-bond acceptors (Lipinski definition) is 2. The van der Waals surface area contributed by atoms with E-state index in [4.69, 9.17) is 5.84 Å². The van der Waals surface area contributed by atoms with E-state index in [1.165, 1.54) is 0 Å². The summed E-state index contributed by atoms with van der Waals surface area (Å²) in [6.07, 6.45) is 3.40. The molecule has 2 nitrogen and oxygen atoms in total. The Balaban J connectivity index is 4.51. The van der Waals surface area contributed by atoms with Crippen molar-refractivity contribution in [3.8, 4) is 0 Å². The number of nitrogens with two attached hydrogens (primary N) is 1. The van der Waals surface area contributed by atoms with E-state index in [1.807, 2.05) is 6.92 Å². The molecule has 3 heteroatoms. The minimum Gasteiger partial charge on any atom is -0.322 e. The van der Waals surface area contributed by atoms with Crippen molar-refractivity contribution in [2.24, 2.45) is 5.84 Å². The molecule has 0 saturated carbocycles. The normalized spacial score (nSPS) is 13.1. The van der Waals surface area contributed by atoms with Crippen LogP contribution in [-0.4, -0.2) is 0 Å². The Kier molecular flexibility index (Phi) is 4.22. The molecule has 0 aromatic carbocycles. The topological polar surface area (TPSA) is 38.0 Å². The summed E-state index contributed by atoms with van der Waals surface area (Å²) in [7, 11) is 0. The summed E-state index contributed by atoms with van der Waals surface area (Å²) in [5.41, 5.74) is 2.75. The average molecular weight is 156 g/mol. The first kappa shape index (κ1) is 9.91. The zero-order valence-electron chi connectivity index (χ0n) is 6.82. The summed E-state index contributed by atoms with van der Waals surface area (Å²) in [6, 6.07) is 0. The molecule has 0 spiro atoms. The number of allylic oxidation sites excluding steroid dienone is 4. The van der Waals surface area contributed by atoms with Crippen LogP contribution in [0.1, 0.15) is 13.8 Å². The lowest BCUT2D eigenvalue weighted by atomic mass is 10.2. The second-order valence-electron chi connectivity index (χ2n) is 2.12. The molecule has 0 aromatic heterocycles. The van der Waals surface area contributed by atoms with Gasteiger partial charge in [-0.05, 0) is 19.4 Å². The van der Waals surface area contributed by atoms with Crippen molar-refractivity contribution in [2.45, 2.75) is 13.8 Å². The highest BCUT2D eigenvalue weighted by Gasteiger charge is 2.00. The highest BCUT2D eigenvalue weighted by atomic mass is 19.1. The molecule has 0 saturated heterocycles. The first-order valence-corrected chi connectivity index (χ1v) is 3.28. The van der Waals surface area contributed by atoms with E-state index < -0.39 is 5.83 Å². The van der Waals surface area contributed by atoms with Crippen LogP contribution in [0.3, 0.4) is 0 Å². The lowest BCUT2D eigenvalue weighted by Crippen LogP contribution is -2.20. The Labute approximate surface area is 66.3 Å². The minimum absolute atomic E-state index is 0.0978. The van der Waals surface area contributed by atoms with E-state index in [2.05, 4.69) is 12.0 Å². The number of rotatable bonds is 3. The SMILES string of the molecule is C=C(NN)/C(F)=C(C)\C=C/C. The number of hydrogen-bond donors (Lipinski definition) is 2. The fourth-order valence-corrected chi connectivity index (χ4v) is 0.625. The van der Waals surface area contributed by atoms with Crippen LogP contribution in [0.2, 0.25) is 0 Å². The molecule has 0 unspecified atom stereocenters. The van der Waals surface area contributed by atoms with Gasteiger partial charge < -0.3 is 5.43 Å². The molecule has 0 fully saturated rings. The van der Waals surface area contributed by atoms with Gasteiger partial charge in [0.25, 0.3) is 0 Å². The number of hydrazine groups is 1. The molecule has 11 heavy (non-hydrogen) atoms. The molecule has 0 radical (unpaired) electrons. The number of nitrogens with one attached hydrogen (secondary N) is 1. The quantitative estimate of drug-likeness (QED) is 0.371. The zero-order valence-corrected chi connectivity index (χ0v) is 6.82. The Hall–Kier alpha value is -1.09. The maximum Gasteiger partial charge on any atom is 0.149 e. The molecule has 0 aliphatic heterocycles. The third-order valence-corrected chi connectivity index (χ3v) is 1.20. The maximum atomic E-state index is 13.0. The van der Waals surface area contributed by atoms with Crippen molar-refractivity contribution in [1.29, 1.82) is 0 Å². The Bertz CT molecular complexity index is 204. The standard InChI is InChI=1S/C8H13FN2/c1-4-5-6(2)8(9)7(3)11-10/h4-5,11H,3,10H2,1-2H3/b5-4-,8-6+. The average Bonchev–Trinajstić information content (AvgIpc) is 2.02. The van der Waals surface area contributed by atoms with Crippen LogP contribution in [0.5, 0.6) is 0 Å². The largest absolute Gasteiger partial charge is 0.322 e. The van der Waals surface area contributed by atoms with E-state index in [-0.39, 0.29) is 5.70 Å². The summed E-state index contributed by atoms with van der Waals surface area (Å²) in [5, 5.41) is 0. The second-order valence-corrected chi connectivity index (χ2v) is 2.12. The first-order valence-electron chi connectivity index (χ1n) is 3.28. The van der Waals surface area contributed by atoms with Gasteiger partial charge in [0.15, 0.2) is 0 Å². The van der Waals surface area contributed by atoms with E-state index in [0.29, 0.717) is 5.57 Å². The van der Waals surface area contributed by atoms with Crippen LogP contribution in [0.4, 0.5) is 4.39 Å². The van der Waals surface area contributed by atoms with Gasteiger partial charge in [-0.2, -0.15) is 0 Å². The smallest absolute Gasteiger partial charge is 0.149 e. The van der Waals surface area contributed by atoms with Gasteiger partial charge in [0.1, 0.15) is 5.83 Å². The van der Waals surface area contributed by atoms with Crippen molar-refractivity contribution in [2.75, 3.05) is 0 Å². The fraction of sp³-hybridized carbons (Fsp3) is 0.250. The second kappa shape index (κ2) is 4.68. The number of halogens is 1. The van der Waals surface area contributed by atoms with Crippen molar-refractivity contribution in [3.63, 3.8) is 0 Å². The monoisotopic (exact) mass is 156 g/mol. The van der Waals surface area contributed by atoms with Gasteiger partial charge in [0.05, 0.1) is 5.70 Å². The fourth-order valence-electron chi connectivity index (χ4n) is 0.625. The van der Waals surface area contributed by atoms with Gasteiger partial charge in [-0.3, -0.25) is 5.84 Å². The van der Waals surface area contributed by atoms with Crippen molar-refractivity contribution >= 4 is 0 Å². The molecule has 0 aliphatic rings. The van der Waals surface area contributed by atoms with Crippen LogP contribution in [0.25, 0.3) is 0 Å². The summed E-state index contributed by atoms with van der Waals surface area (Å²) in [4.78, 5) is 0. The van der Waals surface area contributed by atoms with Crippen molar-refractivity contribution in [1.82, 2.24) is 5.43 Å². The van der Waals surface area contributed by atoms with Gasteiger partial charge in [-0.1, -0.05) is 18.7 Å². The Morgan fingerprint density at radius 1 is 1.64 bits per heavy atom. The lowest BCUT2D eigenvalue weighted by molar-refractivity contribution is 0.619. The summed E-state index contributed by atoms with van der Waals surface area (Å²) >= 11 is 0. The van der Waals surface area contributed by atoms with Gasteiger partial charge in [0.2, 0.25) is 0 Å². The molecule has 0 bridgehead atoms.